The van der Waals surface area contributed by atoms with E-state index in [9.17, 15) is 0 Å². The Morgan fingerprint density at radius 2 is 1.91 bits per heavy atom. The molecular formula is C18H27N3O. The van der Waals surface area contributed by atoms with Crippen LogP contribution in [0.15, 0.2) is 28.8 Å². The summed E-state index contributed by atoms with van der Waals surface area (Å²) < 4.78 is 5.47. The summed E-state index contributed by atoms with van der Waals surface area (Å²) in [7, 11) is 0. The lowest BCUT2D eigenvalue weighted by atomic mass is 9.91. The summed E-state index contributed by atoms with van der Waals surface area (Å²) >= 11 is 0. The highest BCUT2D eigenvalue weighted by Gasteiger charge is 2.24. The molecule has 1 saturated heterocycles. The molecule has 4 heteroatoms. The van der Waals surface area contributed by atoms with Crippen molar-refractivity contribution in [2.75, 3.05) is 39.3 Å². The zero-order chi connectivity index (χ0) is 15.4. The third-order valence-corrected chi connectivity index (χ3v) is 5.01. The van der Waals surface area contributed by atoms with Crippen LogP contribution in [0.25, 0.3) is 11.0 Å². The van der Waals surface area contributed by atoms with Gasteiger partial charge in [0.15, 0.2) is 5.58 Å². The van der Waals surface area contributed by atoms with Crippen LogP contribution < -0.4 is 0 Å². The topological polar surface area (TPSA) is 32.5 Å². The maximum absolute atomic E-state index is 5.47. The van der Waals surface area contributed by atoms with Crippen LogP contribution in [0, 0.1) is 0 Å². The first-order chi connectivity index (χ1) is 10.8. The lowest BCUT2D eigenvalue weighted by Gasteiger charge is -2.32. The average molecular weight is 301 g/mol. The minimum Gasteiger partial charge on any atom is -0.356 e. The highest BCUT2D eigenvalue weighted by molar-refractivity contribution is 5.79. The Morgan fingerprint density at radius 3 is 2.64 bits per heavy atom. The van der Waals surface area contributed by atoms with Crippen molar-refractivity contribution >= 4 is 11.0 Å². The SMILES string of the molecule is CCN(CC)CCN1CCC(c2noc3ccccc23)CC1. The first kappa shape index (κ1) is 15.5. The van der Waals surface area contributed by atoms with Gasteiger partial charge in [-0.05, 0) is 51.2 Å². The van der Waals surface area contributed by atoms with Gasteiger partial charge >= 0.3 is 0 Å². The standard InChI is InChI=1S/C18H27N3O/c1-3-20(4-2)13-14-21-11-9-15(10-12-21)18-16-7-5-6-8-17(16)22-19-18/h5-8,15H,3-4,9-14H2,1-2H3. The minimum absolute atomic E-state index is 0.549. The Hall–Kier alpha value is -1.39. The molecule has 2 aromatic rings. The highest BCUT2D eigenvalue weighted by Crippen LogP contribution is 2.32. The average Bonchev–Trinajstić information content (AvgIpc) is 3.00. The molecule has 0 unspecified atom stereocenters. The summed E-state index contributed by atoms with van der Waals surface area (Å²) in [5.74, 6) is 0.549. The van der Waals surface area contributed by atoms with Gasteiger partial charge in [-0.1, -0.05) is 31.1 Å². The smallest absolute Gasteiger partial charge is 0.167 e. The molecule has 1 aromatic heterocycles. The van der Waals surface area contributed by atoms with Gasteiger partial charge in [0.2, 0.25) is 0 Å². The Bertz CT molecular complexity index is 583. The summed E-state index contributed by atoms with van der Waals surface area (Å²) in [6.45, 7) is 11.5. The number of likely N-dealkylation sites (tertiary alicyclic amines) is 1. The van der Waals surface area contributed by atoms with Crippen LogP contribution in [0.5, 0.6) is 0 Å². The predicted octanol–water partition coefficient (Wildman–Crippen LogP) is 3.35. The van der Waals surface area contributed by atoms with E-state index in [0.717, 1.165) is 18.7 Å². The van der Waals surface area contributed by atoms with Crippen molar-refractivity contribution in [2.45, 2.75) is 32.6 Å². The van der Waals surface area contributed by atoms with E-state index in [-0.39, 0.29) is 0 Å². The Balaban J connectivity index is 1.55. The number of fused-ring (bicyclic) bond motifs is 1. The molecule has 0 N–H and O–H groups in total. The fourth-order valence-corrected chi connectivity index (χ4v) is 3.45. The van der Waals surface area contributed by atoms with Crippen molar-refractivity contribution in [1.29, 1.82) is 0 Å². The van der Waals surface area contributed by atoms with Gasteiger partial charge in [-0.3, -0.25) is 0 Å². The van der Waals surface area contributed by atoms with Gasteiger partial charge in [0, 0.05) is 24.4 Å². The Labute approximate surface area is 133 Å². The van der Waals surface area contributed by atoms with E-state index in [2.05, 4.69) is 40.9 Å². The monoisotopic (exact) mass is 301 g/mol. The Morgan fingerprint density at radius 1 is 1.18 bits per heavy atom. The molecule has 120 valence electrons. The number of piperidine rings is 1. The third kappa shape index (κ3) is 3.33. The lowest BCUT2D eigenvalue weighted by Crippen LogP contribution is -2.39. The Kier molecular flexibility index (Phi) is 5.11. The molecule has 4 nitrogen and oxygen atoms in total. The molecule has 22 heavy (non-hydrogen) atoms. The molecule has 1 fully saturated rings. The fraction of sp³-hybridized carbons (Fsp3) is 0.611. The van der Waals surface area contributed by atoms with Crippen molar-refractivity contribution in [3.8, 4) is 0 Å². The maximum Gasteiger partial charge on any atom is 0.167 e. The van der Waals surface area contributed by atoms with Crippen molar-refractivity contribution in [3.05, 3.63) is 30.0 Å². The van der Waals surface area contributed by atoms with E-state index in [1.807, 2.05) is 12.1 Å². The normalized spacial score (nSPS) is 17.6. The van der Waals surface area contributed by atoms with Crippen LogP contribution in [0.2, 0.25) is 0 Å². The maximum atomic E-state index is 5.47. The second-order valence-electron chi connectivity index (χ2n) is 6.21. The highest BCUT2D eigenvalue weighted by atomic mass is 16.5. The van der Waals surface area contributed by atoms with Gasteiger partial charge in [0.1, 0.15) is 0 Å². The van der Waals surface area contributed by atoms with E-state index in [4.69, 9.17) is 4.52 Å². The number of hydrogen-bond donors (Lipinski definition) is 0. The molecule has 0 atom stereocenters. The number of hydrogen-bond acceptors (Lipinski definition) is 4. The van der Waals surface area contributed by atoms with Crippen LogP contribution >= 0.6 is 0 Å². The van der Waals surface area contributed by atoms with Gasteiger partial charge in [-0.15, -0.1) is 0 Å². The molecule has 2 heterocycles. The molecule has 0 bridgehead atoms. The van der Waals surface area contributed by atoms with Crippen LogP contribution in [0.3, 0.4) is 0 Å². The molecule has 1 aliphatic heterocycles. The van der Waals surface area contributed by atoms with Crippen LogP contribution in [-0.4, -0.2) is 54.2 Å². The van der Waals surface area contributed by atoms with Crippen LogP contribution in [-0.2, 0) is 0 Å². The zero-order valence-electron chi connectivity index (χ0n) is 13.8. The van der Waals surface area contributed by atoms with E-state index < -0.39 is 0 Å². The molecule has 0 amide bonds. The molecule has 0 aliphatic carbocycles. The van der Waals surface area contributed by atoms with Crippen molar-refractivity contribution in [1.82, 2.24) is 15.0 Å². The van der Waals surface area contributed by atoms with Crippen molar-refractivity contribution < 1.29 is 4.52 Å². The minimum atomic E-state index is 0.549. The van der Waals surface area contributed by atoms with Gasteiger partial charge in [-0.2, -0.15) is 0 Å². The largest absolute Gasteiger partial charge is 0.356 e. The summed E-state index contributed by atoms with van der Waals surface area (Å²) in [6.07, 6.45) is 2.38. The van der Waals surface area contributed by atoms with E-state index in [1.54, 1.807) is 0 Å². The summed E-state index contributed by atoms with van der Waals surface area (Å²) in [6, 6.07) is 8.22. The van der Waals surface area contributed by atoms with Gasteiger partial charge < -0.3 is 14.3 Å². The quantitative estimate of drug-likeness (QED) is 0.819. The lowest BCUT2D eigenvalue weighted by molar-refractivity contribution is 0.177. The van der Waals surface area contributed by atoms with E-state index in [0.29, 0.717) is 5.92 Å². The van der Waals surface area contributed by atoms with Crippen molar-refractivity contribution in [2.24, 2.45) is 0 Å². The number of likely N-dealkylation sites (N-methyl/N-ethyl adjacent to an activating group) is 1. The van der Waals surface area contributed by atoms with Gasteiger partial charge in [0.05, 0.1) is 5.69 Å². The first-order valence-electron chi connectivity index (χ1n) is 8.60. The first-order valence-corrected chi connectivity index (χ1v) is 8.60. The summed E-state index contributed by atoms with van der Waals surface area (Å²) in [4.78, 5) is 5.09. The number of benzene rings is 1. The molecule has 0 radical (unpaired) electrons. The van der Waals surface area contributed by atoms with Crippen LogP contribution in [0.4, 0.5) is 0 Å². The molecule has 0 saturated carbocycles. The molecule has 0 spiro atoms. The van der Waals surface area contributed by atoms with Crippen molar-refractivity contribution in [3.63, 3.8) is 0 Å². The molecular weight excluding hydrogens is 274 g/mol. The summed E-state index contributed by atoms with van der Waals surface area (Å²) in [5, 5.41) is 5.54. The molecule has 1 aliphatic rings. The number of nitrogens with zero attached hydrogens (tertiary/aromatic N) is 3. The number of para-hydroxylation sites is 1. The number of aromatic nitrogens is 1. The summed E-state index contributed by atoms with van der Waals surface area (Å²) in [5.41, 5.74) is 2.08. The second-order valence-corrected chi connectivity index (χ2v) is 6.21. The van der Waals surface area contributed by atoms with Crippen LogP contribution in [0.1, 0.15) is 38.3 Å². The van der Waals surface area contributed by atoms with Gasteiger partial charge in [0.25, 0.3) is 0 Å². The van der Waals surface area contributed by atoms with E-state index >= 15 is 0 Å². The third-order valence-electron chi connectivity index (χ3n) is 5.01. The predicted molar refractivity (Wildman–Crippen MR) is 90.2 cm³/mol. The fourth-order valence-electron chi connectivity index (χ4n) is 3.45. The zero-order valence-corrected chi connectivity index (χ0v) is 13.8. The second kappa shape index (κ2) is 7.25. The number of rotatable bonds is 6. The van der Waals surface area contributed by atoms with E-state index in [1.165, 1.54) is 50.1 Å². The molecule has 3 rings (SSSR count). The molecule has 1 aromatic carbocycles. The van der Waals surface area contributed by atoms with Gasteiger partial charge in [-0.25, -0.2) is 0 Å².